The lowest BCUT2D eigenvalue weighted by Gasteiger charge is -2.26. The van der Waals surface area contributed by atoms with Gasteiger partial charge in [-0.25, -0.2) is 0 Å². The number of halogens is 1. The summed E-state index contributed by atoms with van der Waals surface area (Å²) in [5.74, 6) is 1.23. The highest BCUT2D eigenvalue weighted by Crippen LogP contribution is 2.48. The maximum absolute atomic E-state index is 12.3. The molecule has 1 fully saturated rings. The second-order valence-corrected chi connectivity index (χ2v) is 7.59. The Hall–Kier alpha value is -2.10. The Bertz CT molecular complexity index is 890. The summed E-state index contributed by atoms with van der Waals surface area (Å²) in [6.45, 7) is 3.00. The van der Waals surface area contributed by atoms with Crippen molar-refractivity contribution in [2.75, 3.05) is 18.6 Å². The number of amides is 1. The van der Waals surface area contributed by atoms with E-state index in [1.807, 2.05) is 29.2 Å². The van der Waals surface area contributed by atoms with Crippen molar-refractivity contribution >= 4 is 35.3 Å². The van der Waals surface area contributed by atoms with E-state index in [9.17, 15) is 4.79 Å². The van der Waals surface area contributed by atoms with Crippen LogP contribution in [0.25, 0.3) is 12.2 Å². The normalized spacial score (nSPS) is 20.8. The van der Waals surface area contributed by atoms with Crippen LogP contribution in [0.4, 0.5) is 5.69 Å². The first kappa shape index (κ1) is 17.3. The molecule has 1 heterocycles. The van der Waals surface area contributed by atoms with Gasteiger partial charge < -0.3 is 9.64 Å². The van der Waals surface area contributed by atoms with Crippen LogP contribution in [-0.2, 0) is 16.1 Å². The summed E-state index contributed by atoms with van der Waals surface area (Å²) in [6.07, 6.45) is 5.34. The second kappa shape index (κ2) is 6.90. The van der Waals surface area contributed by atoms with E-state index in [0.29, 0.717) is 23.4 Å². The Morgan fingerprint density at radius 2 is 2.00 bits per heavy atom. The third kappa shape index (κ3) is 3.29. The van der Waals surface area contributed by atoms with Crippen LogP contribution < -0.4 is 4.90 Å². The van der Waals surface area contributed by atoms with Gasteiger partial charge in [0.25, 0.3) is 0 Å². The maximum Gasteiger partial charge on any atom is 0.224 e. The van der Waals surface area contributed by atoms with Gasteiger partial charge in [-0.3, -0.25) is 4.79 Å². The Morgan fingerprint density at radius 1 is 1.19 bits per heavy atom. The van der Waals surface area contributed by atoms with Crippen molar-refractivity contribution in [2.24, 2.45) is 5.92 Å². The molecule has 0 radical (unpaired) electrons. The number of carbonyl (C=O) groups is 1. The van der Waals surface area contributed by atoms with Gasteiger partial charge in [-0.05, 0) is 58.7 Å². The van der Waals surface area contributed by atoms with Gasteiger partial charge in [0.1, 0.15) is 0 Å². The molecule has 2 atom stereocenters. The van der Waals surface area contributed by atoms with Gasteiger partial charge in [-0.15, -0.1) is 0 Å². The zero-order valence-corrected chi connectivity index (χ0v) is 15.8. The number of anilines is 1. The van der Waals surface area contributed by atoms with E-state index in [2.05, 4.69) is 24.3 Å². The summed E-state index contributed by atoms with van der Waals surface area (Å²) in [4.78, 5) is 14.2. The highest BCUT2D eigenvalue weighted by atomic mass is 35.5. The highest BCUT2D eigenvalue weighted by Gasteiger charge is 2.38. The molecule has 0 aromatic heterocycles. The minimum absolute atomic E-state index is 0.0314. The molecule has 0 spiro atoms. The number of ether oxygens (including phenoxy) is 1. The smallest absolute Gasteiger partial charge is 0.224 e. The first-order chi connectivity index (χ1) is 12.6. The molecule has 3 nitrogen and oxygen atoms in total. The molecule has 2 aromatic rings. The molecule has 1 saturated carbocycles. The SMILES string of the molecule is COC[C@@H]1C[C@@H]1c1ccc2c(c1)CN(C(C)=O)c1ccc(Cl)cc1C=C2. The lowest BCUT2D eigenvalue weighted by molar-refractivity contribution is -0.116. The molecule has 134 valence electrons. The third-order valence-electron chi connectivity index (χ3n) is 5.33. The number of nitrogens with zero attached hydrogens (tertiary/aromatic N) is 1. The van der Waals surface area contributed by atoms with Gasteiger partial charge in [0.05, 0.1) is 12.2 Å². The quantitative estimate of drug-likeness (QED) is 0.752. The van der Waals surface area contributed by atoms with Crippen LogP contribution in [-0.4, -0.2) is 19.6 Å². The number of rotatable bonds is 3. The molecule has 1 aliphatic carbocycles. The zero-order chi connectivity index (χ0) is 18.3. The van der Waals surface area contributed by atoms with Crippen LogP contribution >= 0.6 is 11.6 Å². The minimum atomic E-state index is 0.0314. The number of hydrogen-bond donors (Lipinski definition) is 0. The molecule has 4 heteroatoms. The first-order valence-corrected chi connectivity index (χ1v) is 9.32. The zero-order valence-electron chi connectivity index (χ0n) is 15.0. The number of hydrogen-bond acceptors (Lipinski definition) is 2. The van der Waals surface area contributed by atoms with Crippen molar-refractivity contribution in [3.05, 3.63) is 63.7 Å². The second-order valence-electron chi connectivity index (χ2n) is 7.16. The molecular formula is C22H22ClNO2. The summed E-state index contributed by atoms with van der Waals surface area (Å²) in [6, 6.07) is 12.3. The Morgan fingerprint density at radius 3 is 2.77 bits per heavy atom. The van der Waals surface area contributed by atoms with Crippen molar-refractivity contribution in [3.63, 3.8) is 0 Å². The summed E-state index contributed by atoms with van der Waals surface area (Å²) < 4.78 is 5.29. The van der Waals surface area contributed by atoms with E-state index in [-0.39, 0.29) is 5.91 Å². The van der Waals surface area contributed by atoms with Crippen LogP contribution in [0.1, 0.15) is 41.5 Å². The van der Waals surface area contributed by atoms with Crippen molar-refractivity contribution in [2.45, 2.75) is 25.8 Å². The van der Waals surface area contributed by atoms with Crippen LogP contribution in [0, 0.1) is 5.92 Å². The molecule has 1 amide bonds. The first-order valence-electron chi connectivity index (χ1n) is 8.94. The predicted molar refractivity (Wildman–Crippen MR) is 106 cm³/mol. The average molecular weight is 368 g/mol. The van der Waals surface area contributed by atoms with Crippen LogP contribution in [0.15, 0.2) is 36.4 Å². The van der Waals surface area contributed by atoms with E-state index in [4.69, 9.17) is 16.3 Å². The van der Waals surface area contributed by atoms with Gasteiger partial charge in [0.2, 0.25) is 5.91 Å². The van der Waals surface area contributed by atoms with Gasteiger partial charge in [0.15, 0.2) is 0 Å². The Kier molecular flexibility index (Phi) is 4.60. The van der Waals surface area contributed by atoms with Crippen molar-refractivity contribution in [1.82, 2.24) is 0 Å². The van der Waals surface area contributed by atoms with Crippen LogP contribution in [0.2, 0.25) is 5.02 Å². The molecule has 0 saturated heterocycles. The van der Waals surface area contributed by atoms with Crippen LogP contribution in [0.3, 0.4) is 0 Å². The third-order valence-corrected chi connectivity index (χ3v) is 5.57. The van der Waals surface area contributed by atoms with E-state index in [1.54, 1.807) is 14.0 Å². The van der Waals surface area contributed by atoms with Gasteiger partial charge in [-0.1, -0.05) is 42.0 Å². The Labute approximate surface area is 159 Å². The lowest BCUT2D eigenvalue weighted by Crippen LogP contribution is -2.29. The molecule has 4 rings (SSSR count). The molecule has 26 heavy (non-hydrogen) atoms. The summed E-state index contributed by atoms with van der Waals surface area (Å²) >= 11 is 6.15. The number of carbonyl (C=O) groups excluding carboxylic acids is 1. The molecule has 1 aliphatic heterocycles. The molecule has 0 N–H and O–H groups in total. The van der Waals surface area contributed by atoms with E-state index in [0.717, 1.165) is 23.4 Å². The minimum Gasteiger partial charge on any atom is -0.384 e. The highest BCUT2D eigenvalue weighted by molar-refractivity contribution is 6.30. The average Bonchev–Trinajstić information content (AvgIpc) is 3.36. The van der Waals surface area contributed by atoms with Crippen molar-refractivity contribution in [1.29, 1.82) is 0 Å². The molecular weight excluding hydrogens is 346 g/mol. The maximum atomic E-state index is 12.3. The summed E-state index contributed by atoms with van der Waals surface area (Å²) in [5.41, 5.74) is 5.54. The monoisotopic (exact) mass is 367 g/mol. The fourth-order valence-electron chi connectivity index (χ4n) is 3.83. The van der Waals surface area contributed by atoms with E-state index >= 15 is 0 Å². The fourth-order valence-corrected chi connectivity index (χ4v) is 4.01. The molecule has 2 aliphatic rings. The molecule has 2 aromatic carbocycles. The number of methoxy groups -OCH3 is 1. The Balaban J connectivity index is 1.73. The predicted octanol–water partition coefficient (Wildman–Crippen LogP) is 5.13. The topological polar surface area (TPSA) is 29.5 Å². The van der Waals surface area contributed by atoms with E-state index < -0.39 is 0 Å². The number of benzene rings is 2. The van der Waals surface area contributed by atoms with Crippen LogP contribution in [0.5, 0.6) is 0 Å². The standard InChI is InChI=1S/C22H22ClNO2/c1-14(25)24-12-18-9-16(21-11-19(21)13-26-2)5-3-15(18)4-6-17-10-20(23)7-8-22(17)24/h3-10,19,21H,11-13H2,1-2H3/t19-,21+/m0/s1. The number of fused-ring (bicyclic) bond motifs is 2. The van der Waals surface area contributed by atoms with Gasteiger partial charge in [-0.2, -0.15) is 0 Å². The van der Waals surface area contributed by atoms with Gasteiger partial charge >= 0.3 is 0 Å². The summed E-state index contributed by atoms with van der Waals surface area (Å²) in [5, 5.41) is 0.672. The summed E-state index contributed by atoms with van der Waals surface area (Å²) in [7, 11) is 1.76. The molecule has 0 unspecified atom stereocenters. The largest absolute Gasteiger partial charge is 0.384 e. The van der Waals surface area contributed by atoms with Crippen molar-refractivity contribution in [3.8, 4) is 0 Å². The fraction of sp³-hybridized carbons (Fsp3) is 0.318. The van der Waals surface area contributed by atoms with Crippen molar-refractivity contribution < 1.29 is 9.53 Å². The molecule has 0 bridgehead atoms. The lowest BCUT2D eigenvalue weighted by atomic mass is 9.97. The van der Waals surface area contributed by atoms with E-state index in [1.165, 1.54) is 17.5 Å². The van der Waals surface area contributed by atoms with Gasteiger partial charge in [0, 0.05) is 25.7 Å².